The standard InChI is InChI=1S/C23H26F3NO4/c1-5-30-20(28)19(27-21(29)31-22(2,3)4)14-15-6-8-16(9-7-15)17-10-12-18(13-11-17)23(24,25)26/h6-13,19H,5,14H2,1-4H3,(H,27,29). The number of hydrogen-bond donors (Lipinski definition) is 1. The van der Waals surface area contributed by atoms with Crippen molar-refractivity contribution < 1.29 is 32.2 Å². The van der Waals surface area contributed by atoms with Crippen LogP contribution in [0.3, 0.4) is 0 Å². The Kier molecular flexibility index (Phi) is 7.70. The van der Waals surface area contributed by atoms with Crippen molar-refractivity contribution in [2.75, 3.05) is 6.61 Å². The van der Waals surface area contributed by atoms with Gasteiger partial charge in [-0.3, -0.25) is 0 Å². The number of carbonyl (C=O) groups is 2. The van der Waals surface area contributed by atoms with E-state index in [1.54, 1.807) is 52.0 Å². The quantitative estimate of drug-likeness (QED) is 0.617. The van der Waals surface area contributed by atoms with Crippen LogP contribution in [0, 0.1) is 0 Å². The average molecular weight is 437 g/mol. The van der Waals surface area contributed by atoms with E-state index in [2.05, 4.69) is 5.32 Å². The molecule has 0 aliphatic heterocycles. The lowest BCUT2D eigenvalue weighted by atomic mass is 10.00. The fourth-order valence-corrected chi connectivity index (χ4v) is 2.81. The molecular weight excluding hydrogens is 411 g/mol. The van der Waals surface area contributed by atoms with E-state index in [1.165, 1.54) is 12.1 Å². The summed E-state index contributed by atoms with van der Waals surface area (Å²) in [5, 5.41) is 2.53. The highest BCUT2D eigenvalue weighted by Crippen LogP contribution is 2.31. The second kappa shape index (κ2) is 9.85. The highest BCUT2D eigenvalue weighted by molar-refractivity contribution is 5.81. The van der Waals surface area contributed by atoms with Crippen molar-refractivity contribution in [2.45, 2.75) is 51.9 Å². The number of rotatable bonds is 6. The van der Waals surface area contributed by atoms with E-state index < -0.39 is 35.4 Å². The normalized spacial score (nSPS) is 12.7. The molecule has 0 spiro atoms. The van der Waals surface area contributed by atoms with Gasteiger partial charge in [-0.15, -0.1) is 0 Å². The summed E-state index contributed by atoms with van der Waals surface area (Å²) < 4.78 is 48.4. The summed E-state index contributed by atoms with van der Waals surface area (Å²) in [5.74, 6) is -0.583. The van der Waals surface area contributed by atoms with Crippen molar-refractivity contribution in [2.24, 2.45) is 0 Å². The van der Waals surface area contributed by atoms with Crippen LogP contribution < -0.4 is 5.32 Å². The van der Waals surface area contributed by atoms with E-state index in [0.29, 0.717) is 5.56 Å². The smallest absolute Gasteiger partial charge is 0.416 e. The molecule has 2 aromatic rings. The first-order chi connectivity index (χ1) is 14.4. The highest BCUT2D eigenvalue weighted by atomic mass is 19.4. The molecule has 0 saturated carbocycles. The number of alkyl carbamates (subject to hydrolysis) is 1. The van der Waals surface area contributed by atoms with Gasteiger partial charge in [0.05, 0.1) is 12.2 Å². The van der Waals surface area contributed by atoms with Gasteiger partial charge in [0.15, 0.2) is 0 Å². The van der Waals surface area contributed by atoms with Crippen molar-refractivity contribution in [3.63, 3.8) is 0 Å². The second-order valence-electron chi connectivity index (χ2n) is 7.93. The first-order valence-electron chi connectivity index (χ1n) is 9.82. The van der Waals surface area contributed by atoms with Gasteiger partial charge in [0.1, 0.15) is 11.6 Å². The third-order valence-electron chi connectivity index (χ3n) is 4.20. The molecule has 0 bridgehead atoms. The van der Waals surface area contributed by atoms with Crippen LogP contribution in [0.2, 0.25) is 0 Å². The van der Waals surface area contributed by atoms with Gasteiger partial charge in [0, 0.05) is 6.42 Å². The van der Waals surface area contributed by atoms with Gasteiger partial charge in [-0.25, -0.2) is 9.59 Å². The lowest BCUT2D eigenvalue weighted by Gasteiger charge is -2.23. The van der Waals surface area contributed by atoms with Gasteiger partial charge in [0.25, 0.3) is 0 Å². The molecule has 0 aliphatic rings. The molecule has 2 aromatic carbocycles. The number of amides is 1. The Morgan fingerprint density at radius 1 is 0.935 bits per heavy atom. The average Bonchev–Trinajstić information content (AvgIpc) is 2.66. The van der Waals surface area contributed by atoms with Crippen LogP contribution in [0.4, 0.5) is 18.0 Å². The molecule has 0 radical (unpaired) electrons. The number of ether oxygens (including phenoxy) is 2. The van der Waals surface area contributed by atoms with Crippen LogP contribution in [-0.4, -0.2) is 30.3 Å². The number of carbonyl (C=O) groups excluding carboxylic acids is 2. The fraction of sp³-hybridized carbons (Fsp3) is 0.391. The molecule has 0 heterocycles. The maximum Gasteiger partial charge on any atom is 0.416 e. The molecule has 0 aliphatic carbocycles. The molecule has 2 rings (SSSR count). The summed E-state index contributed by atoms with van der Waals surface area (Å²) in [7, 11) is 0. The zero-order valence-electron chi connectivity index (χ0n) is 17.9. The summed E-state index contributed by atoms with van der Waals surface area (Å²) in [6.07, 6.45) is -4.94. The third kappa shape index (κ3) is 7.62. The minimum atomic E-state index is -4.38. The molecule has 31 heavy (non-hydrogen) atoms. The Hall–Kier alpha value is -3.03. The number of benzene rings is 2. The highest BCUT2D eigenvalue weighted by Gasteiger charge is 2.30. The Morgan fingerprint density at radius 3 is 1.90 bits per heavy atom. The molecule has 1 amide bonds. The van der Waals surface area contributed by atoms with Crippen LogP contribution >= 0.6 is 0 Å². The van der Waals surface area contributed by atoms with E-state index in [9.17, 15) is 22.8 Å². The predicted molar refractivity (Wildman–Crippen MR) is 110 cm³/mol. The van der Waals surface area contributed by atoms with Crippen LogP contribution in [0.1, 0.15) is 38.8 Å². The van der Waals surface area contributed by atoms with E-state index in [-0.39, 0.29) is 13.0 Å². The van der Waals surface area contributed by atoms with Gasteiger partial charge in [0.2, 0.25) is 0 Å². The molecule has 5 nitrogen and oxygen atoms in total. The zero-order chi connectivity index (χ0) is 23.2. The number of esters is 1. The monoisotopic (exact) mass is 437 g/mol. The summed E-state index contributed by atoms with van der Waals surface area (Å²) in [5.41, 5.74) is 0.675. The zero-order valence-corrected chi connectivity index (χ0v) is 17.9. The summed E-state index contributed by atoms with van der Waals surface area (Å²) in [6.45, 7) is 6.98. The maximum atomic E-state index is 12.7. The number of nitrogens with one attached hydrogen (secondary N) is 1. The van der Waals surface area contributed by atoms with Crippen LogP contribution in [0.15, 0.2) is 48.5 Å². The molecule has 1 unspecified atom stereocenters. The summed E-state index contributed by atoms with van der Waals surface area (Å²) >= 11 is 0. The molecular formula is C23H26F3NO4. The molecule has 0 saturated heterocycles. The Balaban J connectivity index is 2.13. The molecule has 1 N–H and O–H groups in total. The van der Waals surface area contributed by atoms with Crippen LogP contribution in [-0.2, 0) is 26.9 Å². The first-order valence-corrected chi connectivity index (χ1v) is 9.82. The van der Waals surface area contributed by atoms with E-state index in [4.69, 9.17) is 9.47 Å². The minimum Gasteiger partial charge on any atom is -0.464 e. The largest absolute Gasteiger partial charge is 0.464 e. The van der Waals surface area contributed by atoms with Crippen LogP contribution in [0.25, 0.3) is 11.1 Å². The van der Waals surface area contributed by atoms with E-state index in [0.717, 1.165) is 23.3 Å². The Morgan fingerprint density at radius 2 is 1.45 bits per heavy atom. The van der Waals surface area contributed by atoms with Gasteiger partial charge < -0.3 is 14.8 Å². The molecule has 0 aromatic heterocycles. The number of halogens is 3. The van der Waals surface area contributed by atoms with E-state index >= 15 is 0 Å². The van der Waals surface area contributed by atoms with Crippen molar-refractivity contribution in [1.82, 2.24) is 5.32 Å². The lowest BCUT2D eigenvalue weighted by molar-refractivity contribution is -0.145. The van der Waals surface area contributed by atoms with Gasteiger partial charge in [-0.2, -0.15) is 13.2 Å². The molecule has 8 heteroatoms. The molecule has 168 valence electrons. The van der Waals surface area contributed by atoms with Crippen molar-refractivity contribution in [3.8, 4) is 11.1 Å². The van der Waals surface area contributed by atoms with Crippen molar-refractivity contribution in [3.05, 3.63) is 59.7 Å². The summed E-state index contributed by atoms with van der Waals surface area (Å²) in [4.78, 5) is 24.3. The van der Waals surface area contributed by atoms with Gasteiger partial charge >= 0.3 is 18.2 Å². The second-order valence-corrected chi connectivity index (χ2v) is 7.93. The number of hydrogen-bond acceptors (Lipinski definition) is 4. The van der Waals surface area contributed by atoms with E-state index in [1.807, 2.05) is 0 Å². The Bertz CT molecular complexity index is 885. The SMILES string of the molecule is CCOC(=O)C(Cc1ccc(-c2ccc(C(F)(F)F)cc2)cc1)NC(=O)OC(C)(C)C. The lowest BCUT2D eigenvalue weighted by Crippen LogP contribution is -2.45. The summed E-state index contributed by atoms with van der Waals surface area (Å²) in [6, 6.07) is 10.9. The van der Waals surface area contributed by atoms with Crippen LogP contribution in [0.5, 0.6) is 0 Å². The van der Waals surface area contributed by atoms with Gasteiger partial charge in [-0.1, -0.05) is 36.4 Å². The molecule has 1 atom stereocenters. The van der Waals surface area contributed by atoms with Crippen molar-refractivity contribution in [1.29, 1.82) is 0 Å². The Labute approximate surface area is 179 Å². The first kappa shape index (κ1) is 24.2. The number of alkyl halides is 3. The predicted octanol–water partition coefficient (Wildman–Crippen LogP) is 5.37. The molecule has 0 fully saturated rings. The fourth-order valence-electron chi connectivity index (χ4n) is 2.81. The van der Waals surface area contributed by atoms with Crippen molar-refractivity contribution >= 4 is 12.1 Å². The third-order valence-corrected chi connectivity index (χ3v) is 4.20. The maximum absolute atomic E-state index is 12.7. The minimum absolute atomic E-state index is 0.165. The van der Waals surface area contributed by atoms with Gasteiger partial charge in [-0.05, 0) is 56.5 Å². The topological polar surface area (TPSA) is 64.6 Å².